The summed E-state index contributed by atoms with van der Waals surface area (Å²) in [7, 11) is -4.32. The largest absolute Gasteiger partial charge is 0.391 e. The molecule has 0 radical (unpaired) electrons. The maximum atomic E-state index is 12.4. The number of nitrogens with one attached hydrogen (secondary N) is 1. The normalized spacial score (nSPS) is 14.0. The van der Waals surface area contributed by atoms with E-state index >= 15 is 0 Å². The second-order valence-corrected chi connectivity index (χ2v) is 13.6. The molecule has 0 aromatic carbocycles. The molecular formula is C37H67NO5S. The summed E-state index contributed by atoms with van der Waals surface area (Å²) in [5, 5.41) is 13.3. The van der Waals surface area contributed by atoms with E-state index in [0.717, 1.165) is 57.8 Å². The lowest BCUT2D eigenvalue weighted by atomic mass is 10.0. The van der Waals surface area contributed by atoms with Crippen LogP contribution in [0.25, 0.3) is 0 Å². The second kappa shape index (κ2) is 31.3. The second-order valence-electron chi connectivity index (χ2n) is 12.1. The van der Waals surface area contributed by atoms with Gasteiger partial charge >= 0.3 is 0 Å². The van der Waals surface area contributed by atoms with E-state index in [1.807, 2.05) is 0 Å². The molecule has 1 amide bonds. The summed E-state index contributed by atoms with van der Waals surface area (Å²) in [5.74, 6) is -0.954. The van der Waals surface area contributed by atoms with Crippen molar-refractivity contribution >= 4 is 16.0 Å². The predicted octanol–water partition coefficient (Wildman–Crippen LogP) is 9.96. The van der Waals surface area contributed by atoms with E-state index in [9.17, 15) is 22.9 Å². The fraction of sp³-hybridized carbons (Fsp3) is 0.757. The lowest BCUT2D eigenvalue weighted by Gasteiger charge is -2.23. The van der Waals surface area contributed by atoms with E-state index in [0.29, 0.717) is 12.8 Å². The van der Waals surface area contributed by atoms with Crippen LogP contribution in [0.5, 0.6) is 0 Å². The third-order valence-electron chi connectivity index (χ3n) is 7.80. The van der Waals surface area contributed by atoms with Crippen LogP contribution in [-0.4, -0.2) is 41.9 Å². The number of rotatable bonds is 31. The highest BCUT2D eigenvalue weighted by Gasteiger charge is 2.26. The van der Waals surface area contributed by atoms with E-state index in [1.54, 1.807) is 0 Å². The summed E-state index contributed by atoms with van der Waals surface area (Å²) in [6.07, 6.45) is 40.5. The molecular weight excluding hydrogens is 570 g/mol. The first-order chi connectivity index (χ1) is 21.3. The minimum atomic E-state index is -4.32. The number of unbranched alkanes of at least 4 members (excludes halogenated alkanes) is 15. The first kappa shape index (κ1) is 42.3. The van der Waals surface area contributed by atoms with Crippen molar-refractivity contribution in [3.05, 3.63) is 48.6 Å². The van der Waals surface area contributed by atoms with Crippen LogP contribution in [0.1, 0.15) is 162 Å². The van der Waals surface area contributed by atoms with Crippen molar-refractivity contribution in [2.45, 2.75) is 174 Å². The van der Waals surface area contributed by atoms with Gasteiger partial charge in [-0.15, -0.1) is 0 Å². The zero-order valence-corrected chi connectivity index (χ0v) is 29.1. The molecule has 0 saturated carbocycles. The molecule has 0 aliphatic heterocycles. The van der Waals surface area contributed by atoms with Crippen LogP contribution in [0.3, 0.4) is 0 Å². The van der Waals surface area contributed by atoms with Crippen LogP contribution in [0.2, 0.25) is 0 Å². The summed E-state index contributed by atoms with van der Waals surface area (Å²) in [4.78, 5) is 12.4. The van der Waals surface area contributed by atoms with Crippen molar-refractivity contribution < 1.29 is 22.9 Å². The Morgan fingerprint density at radius 2 is 1.09 bits per heavy atom. The van der Waals surface area contributed by atoms with Crippen molar-refractivity contribution in [2.75, 3.05) is 5.75 Å². The highest BCUT2D eigenvalue weighted by Crippen LogP contribution is 2.15. The lowest BCUT2D eigenvalue weighted by Crippen LogP contribution is -2.47. The van der Waals surface area contributed by atoms with Crippen LogP contribution in [-0.2, 0) is 14.9 Å². The molecule has 2 unspecified atom stereocenters. The van der Waals surface area contributed by atoms with Gasteiger partial charge in [-0.25, -0.2) is 0 Å². The van der Waals surface area contributed by atoms with E-state index in [1.165, 1.54) is 70.6 Å². The molecule has 0 aromatic rings. The Morgan fingerprint density at radius 3 is 1.57 bits per heavy atom. The Bertz CT molecular complexity index is 878. The monoisotopic (exact) mass is 637 g/mol. The van der Waals surface area contributed by atoms with E-state index in [2.05, 4.69) is 67.8 Å². The SMILES string of the molecule is CC/C=C\C/C=C\C/C=C\C/C=C\CCCCC(=O)NC(CS(=O)(=O)O)C(O)CCCCCCCCCCCCCCCC. The fourth-order valence-corrected chi connectivity index (χ4v) is 5.91. The van der Waals surface area contributed by atoms with Crippen molar-refractivity contribution in [1.82, 2.24) is 5.32 Å². The number of aliphatic hydroxyl groups excluding tert-OH is 1. The van der Waals surface area contributed by atoms with Gasteiger partial charge in [0.1, 0.15) is 0 Å². The van der Waals surface area contributed by atoms with Gasteiger partial charge < -0.3 is 10.4 Å². The average Bonchev–Trinajstić information content (AvgIpc) is 2.98. The highest BCUT2D eigenvalue weighted by atomic mass is 32.2. The molecule has 0 heterocycles. The number of hydrogen-bond donors (Lipinski definition) is 3. The molecule has 256 valence electrons. The maximum Gasteiger partial charge on any atom is 0.266 e. The Labute approximate surface area is 271 Å². The quantitative estimate of drug-likeness (QED) is 0.0399. The molecule has 0 saturated heterocycles. The minimum absolute atomic E-state index is 0.265. The smallest absolute Gasteiger partial charge is 0.266 e. The Morgan fingerprint density at radius 1 is 0.636 bits per heavy atom. The predicted molar refractivity (Wildman–Crippen MR) is 188 cm³/mol. The van der Waals surface area contributed by atoms with Crippen molar-refractivity contribution in [2.24, 2.45) is 0 Å². The van der Waals surface area contributed by atoms with Crippen molar-refractivity contribution in [1.29, 1.82) is 0 Å². The van der Waals surface area contributed by atoms with Gasteiger partial charge in [0.15, 0.2) is 0 Å². The first-order valence-electron chi connectivity index (χ1n) is 17.8. The number of hydrogen-bond acceptors (Lipinski definition) is 4. The molecule has 44 heavy (non-hydrogen) atoms. The van der Waals surface area contributed by atoms with Gasteiger partial charge in [-0.05, 0) is 51.4 Å². The van der Waals surface area contributed by atoms with Crippen molar-refractivity contribution in [3.8, 4) is 0 Å². The molecule has 2 atom stereocenters. The molecule has 0 aromatic heterocycles. The molecule has 0 aliphatic rings. The van der Waals surface area contributed by atoms with Gasteiger partial charge in [0.25, 0.3) is 10.1 Å². The van der Waals surface area contributed by atoms with Gasteiger partial charge in [-0.3, -0.25) is 9.35 Å². The molecule has 0 bridgehead atoms. The first-order valence-corrected chi connectivity index (χ1v) is 19.4. The molecule has 0 spiro atoms. The third kappa shape index (κ3) is 31.7. The summed E-state index contributed by atoms with van der Waals surface area (Å²) in [6, 6.07) is -0.992. The van der Waals surface area contributed by atoms with Crippen LogP contribution < -0.4 is 5.32 Å². The van der Waals surface area contributed by atoms with E-state index < -0.39 is 28.0 Å². The molecule has 0 aliphatic carbocycles. The van der Waals surface area contributed by atoms with Crippen LogP contribution in [0, 0.1) is 0 Å². The molecule has 0 fully saturated rings. The van der Waals surface area contributed by atoms with Crippen molar-refractivity contribution in [3.63, 3.8) is 0 Å². The van der Waals surface area contributed by atoms with Gasteiger partial charge in [0.2, 0.25) is 5.91 Å². The summed E-state index contributed by atoms with van der Waals surface area (Å²) < 4.78 is 32.4. The fourth-order valence-electron chi connectivity index (χ4n) is 5.15. The van der Waals surface area contributed by atoms with Gasteiger partial charge in [0, 0.05) is 6.42 Å². The Balaban J connectivity index is 4.04. The number of carbonyl (C=O) groups excluding carboxylic acids is 1. The highest BCUT2D eigenvalue weighted by molar-refractivity contribution is 7.85. The Kier molecular flexibility index (Phi) is 30.1. The van der Waals surface area contributed by atoms with Gasteiger partial charge in [0.05, 0.1) is 17.9 Å². The number of aliphatic hydroxyl groups is 1. The number of carbonyl (C=O) groups is 1. The van der Waals surface area contributed by atoms with Crippen LogP contribution in [0.15, 0.2) is 48.6 Å². The number of allylic oxidation sites excluding steroid dienone is 8. The standard InChI is InChI=1S/C37H67NO5S/c1-3-5-7-9-11-13-15-17-19-21-23-25-27-29-31-33-37(40)38-35(34-44(41,42)43)36(39)32-30-28-26-24-22-20-18-16-14-12-10-8-6-4-2/h5,7,11,13,17,19,23,25,35-36,39H,3-4,6,8-10,12,14-16,18,20-22,24,26-34H2,1-2H3,(H,38,40)(H,41,42,43)/b7-5-,13-11-,19-17-,25-23-. The van der Waals surface area contributed by atoms with Crippen LogP contribution in [0.4, 0.5) is 0 Å². The van der Waals surface area contributed by atoms with E-state index in [-0.39, 0.29) is 12.3 Å². The summed E-state index contributed by atoms with van der Waals surface area (Å²) >= 11 is 0. The Hall–Kier alpha value is -1.70. The molecule has 6 nitrogen and oxygen atoms in total. The van der Waals surface area contributed by atoms with Crippen LogP contribution >= 0.6 is 0 Å². The molecule has 3 N–H and O–H groups in total. The van der Waals surface area contributed by atoms with Gasteiger partial charge in [-0.1, -0.05) is 152 Å². The summed E-state index contributed by atoms with van der Waals surface area (Å²) in [5.41, 5.74) is 0. The molecule has 7 heteroatoms. The topological polar surface area (TPSA) is 104 Å². The van der Waals surface area contributed by atoms with E-state index in [4.69, 9.17) is 0 Å². The third-order valence-corrected chi connectivity index (χ3v) is 8.58. The number of amides is 1. The zero-order chi connectivity index (χ0) is 32.6. The molecule has 0 rings (SSSR count). The minimum Gasteiger partial charge on any atom is -0.391 e. The maximum absolute atomic E-state index is 12.4. The van der Waals surface area contributed by atoms with Gasteiger partial charge in [-0.2, -0.15) is 8.42 Å². The average molecular weight is 638 g/mol. The zero-order valence-electron chi connectivity index (χ0n) is 28.3. The lowest BCUT2D eigenvalue weighted by molar-refractivity contribution is -0.122. The summed E-state index contributed by atoms with van der Waals surface area (Å²) in [6.45, 7) is 4.38.